The second-order valence-corrected chi connectivity index (χ2v) is 7.15. The first-order chi connectivity index (χ1) is 13.2. The molecule has 7 heteroatoms. The minimum absolute atomic E-state index is 0.0330. The van der Waals surface area contributed by atoms with Gasteiger partial charge in [-0.2, -0.15) is 10.2 Å². The van der Waals surface area contributed by atoms with Crippen LogP contribution in [0.25, 0.3) is 11.3 Å². The third-order valence-electron chi connectivity index (χ3n) is 5.18. The van der Waals surface area contributed by atoms with Gasteiger partial charge in [0.1, 0.15) is 0 Å². The van der Waals surface area contributed by atoms with Crippen molar-refractivity contribution in [2.45, 2.75) is 44.3 Å². The van der Waals surface area contributed by atoms with Crippen LogP contribution in [-0.2, 0) is 13.6 Å². The van der Waals surface area contributed by atoms with Crippen molar-refractivity contribution >= 4 is 0 Å². The SMILES string of the molecule is Cn1cc(CNC2CCC(n3nc(-c4cccnc4)ccc3=O)CC2)cn1. The van der Waals surface area contributed by atoms with E-state index in [-0.39, 0.29) is 11.6 Å². The topological polar surface area (TPSA) is 77.6 Å². The molecule has 27 heavy (non-hydrogen) atoms. The summed E-state index contributed by atoms with van der Waals surface area (Å²) in [5, 5.41) is 12.4. The zero-order valence-electron chi connectivity index (χ0n) is 15.5. The summed E-state index contributed by atoms with van der Waals surface area (Å²) in [4.78, 5) is 16.5. The number of rotatable bonds is 5. The molecule has 3 aromatic heterocycles. The molecule has 3 heterocycles. The molecule has 0 atom stereocenters. The molecule has 7 nitrogen and oxygen atoms in total. The Labute approximate surface area is 158 Å². The van der Waals surface area contributed by atoms with E-state index in [9.17, 15) is 4.79 Å². The van der Waals surface area contributed by atoms with Crippen LogP contribution in [0.15, 0.2) is 53.8 Å². The molecule has 0 radical (unpaired) electrons. The highest BCUT2D eigenvalue weighted by Gasteiger charge is 2.23. The predicted octanol–water partition coefficient (Wildman–Crippen LogP) is 2.31. The summed E-state index contributed by atoms with van der Waals surface area (Å²) >= 11 is 0. The number of hydrogen-bond donors (Lipinski definition) is 1. The van der Waals surface area contributed by atoms with Crippen LogP contribution in [0, 0.1) is 0 Å². The summed E-state index contributed by atoms with van der Waals surface area (Å²) in [5.41, 5.74) is 2.88. The molecule has 0 amide bonds. The van der Waals surface area contributed by atoms with Gasteiger partial charge < -0.3 is 5.32 Å². The summed E-state index contributed by atoms with van der Waals surface area (Å²) in [5.74, 6) is 0. The predicted molar refractivity (Wildman–Crippen MR) is 103 cm³/mol. The minimum Gasteiger partial charge on any atom is -0.310 e. The van der Waals surface area contributed by atoms with Gasteiger partial charge in [-0.05, 0) is 43.9 Å². The molecular formula is C20H24N6O. The molecule has 0 aromatic carbocycles. The number of pyridine rings is 1. The van der Waals surface area contributed by atoms with Crippen LogP contribution in [0.1, 0.15) is 37.3 Å². The molecule has 0 unspecified atom stereocenters. The summed E-state index contributed by atoms with van der Waals surface area (Å²) in [6.07, 6.45) is 11.4. The van der Waals surface area contributed by atoms with Crippen LogP contribution in [0.3, 0.4) is 0 Å². The average Bonchev–Trinajstić information content (AvgIpc) is 3.13. The first-order valence-electron chi connectivity index (χ1n) is 9.40. The minimum atomic E-state index is -0.0330. The lowest BCUT2D eigenvalue weighted by Gasteiger charge is -2.29. The average molecular weight is 364 g/mol. The summed E-state index contributed by atoms with van der Waals surface area (Å²) in [6.45, 7) is 0.831. The van der Waals surface area contributed by atoms with Crippen LogP contribution in [-0.4, -0.2) is 30.6 Å². The zero-order chi connectivity index (χ0) is 18.6. The molecular weight excluding hydrogens is 340 g/mol. The molecule has 1 aliphatic carbocycles. The van der Waals surface area contributed by atoms with E-state index in [1.807, 2.05) is 36.3 Å². The van der Waals surface area contributed by atoms with E-state index in [2.05, 4.69) is 20.5 Å². The molecule has 4 rings (SSSR count). The highest BCUT2D eigenvalue weighted by atomic mass is 16.1. The Morgan fingerprint density at radius 3 is 2.70 bits per heavy atom. The maximum Gasteiger partial charge on any atom is 0.267 e. The van der Waals surface area contributed by atoms with Crippen LogP contribution < -0.4 is 10.9 Å². The van der Waals surface area contributed by atoms with Gasteiger partial charge in [0.15, 0.2) is 0 Å². The Morgan fingerprint density at radius 2 is 2.00 bits per heavy atom. The Kier molecular flexibility index (Phi) is 5.11. The third kappa shape index (κ3) is 4.14. The summed E-state index contributed by atoms with van der Waals surface area (Å²) in [7, 11) is 1.93. The van der Waals surface area contributed by atoms with Crippen molar-refractivity contribution in [3.05, 3.63) is 65.0 Å². The number of aryl methyl sites for hydroxylation is 1. The molecule has 140 valence electrons. The normalized spacial score (nSPS) is 19.9. The van der Waals surface area contributed by atoms with E-state index in [0.29, 0.717) is 6.04 Å². The van der Waals surface area contributed by atoms with Crippen molar-refractivity contribution in [2.24, 2.45) is 7.05 Å². The van der Waals surface area contributed by atoms with Gasteiger partial charge in [-0.25, -0.2) is 4.68 Å². The molecule has 1 saturated carbocycles. The maximum absolute atomic E-state index is 12.4. The fourth-order valence-electron chi connectivity index (χ4n) is 3.70. The maximum atomic E-state index is 12.4. The van der Waals surface area contributed by atoms with Crippen molar-refractivity contribution < 1.29 is 0 Å². The molecule has 1 N–H and O–H groups in total. The quantitative estimate of drug-likeness (QED) is 0.752. The third-order valence-corrected chi connectivity index (χ3v) is 5.18. The number of nitrogens with zero attached hydrogens (tertiary/aromatic N) is 5. The van der Waals surface area contributed by atoms with Crippen molar-refractivity contribution in [1.29, 1.82) is 0 Å². The highest BCUT2D eigenvalue weighted by Crippen LogP contribution is 2.27. The zero-order valence-corrected chi connectivity index (χ0v) is 15.5. The van der Waals surface area contributed by atoms with Crippen molar-refractivity contribution in [3.63, 3.8) is 0 Å². The van der Waals surface area contributed by atoms with Crippen molar-refractivity contribution in [2.75, 3.05) is 0 Å². The largest absolute Gasteiger partial charge is 0.310 e. The van der Waals surface area contributed by atoms with Crippen LogP contribution in [0.5, 0.6) is 0 Å². The Bertz CT molecular complexity index is 940. The molecule has 0 spiro atoms. The fraction of sp³-hybridized carbons (Fsp3) is 0.400. The van der Waals surface area contributed by atoms with Gasteiger partial charge in [0.2, 0.25) is 0 Å². The lowest BCUT2D eigenvalue weighted by Crippen LogP contribution is -2.36. The highest BCUT2D eigenvalue weighted by molar-refractivity contribution is 5.56. The van der Waals surface area contributed by atoms with E-state index < -0.39 is 0 Å². The van der Waals surface area contributed by atoms with Crippen molar-refractivity contribution in [3.8, 4) is 11.3 Å². The van der Waals surface area contributed by atoms with E-state index >= 15 is 0 Å². The van der Waals surface area contributed by atoms with E-state index in [4.69, 9.17) is 0 Å². The fourth-order valence-corrected chi connectivity index (χ4v) is 3.70. The lowest BCUT2D eigenvalue weighted by molar-refractivity contribution is 0.269. The standard InChI is InChI=1S/C20H24N6O/c1-25-14-15(12-23-25)11-22-17-4-6-18(7-5-17)26-20(27)9-8-19(24-26)16-3-2-10-21-13-16/h2-3,8-10,12-14,17-18,22H,4-7,11H2,1H3. The number of aromatic nitrogens is 5. The van der Waals surface area contributed by atoms with E-state index in [1.165, 1.54) is 5.56 Å². The second-order valence-electron chi connectivity index (χ2n) is 7.15. The summed E-state index contributed by atoms with van der Waals surface area (Å²) < 4.78 is 3.49. The Balaban J connectivity index is 1.40. The first-order valence-corrected chi connectivity index (χ1v) is 9.40. The van der Waals surface area contributed by atoms with Gasteiger partial charge >= 0.3 is 0 Å². The van der Waals surface area contributed by atoms with Gasteiger partial charge in [-0.15, -0.1) is 0 Å². The molecule has 1 aliphatic rings. The summed E-state index contributed by atoms with van der Waals surface area (Å²) in [6, 6.07) is 7.86. The van der Waals surface area contributed by atoms with Crippen LogP contribution in [0.4, 0.5) is 0 Å². The first kappa shape index (κ1) is 17.6. The molecule has 3 aromatic rings. The van der Waals surface area contributed by atoms with Gasteiger partial charge in [-0.1, -0.05) is 0 Å². The smallest absolute Gasteiger partial charge is 0.267 e. The lowest BCUT2D eigenvalue weighted by atomic mass is 9.91. The number of hydrogen-bond acceptors (Lipinski definition) is 5. The Hall–Kier alpha value is -2.80. The van der Waals surface area contributed by atoms with Crippen LogP contribution >= 0.6 is 0 Å². The molecule has 0 aliphatic heterocycles. The van der Waals surface area contributed by atoms with Gasteiger partial charge in [0, 0.05) is 55.4 Å². The van der Waals surface area contributed by atoms with Crippen molar-refractivity contribution in [1.82, 2.24) is 29.9 Å². The van der Waals surface area contributed by atoms with Gasteiger partial charge in [0.05, 0.1) is 17.9 Å². The van der Waals surface area contributed by atoms with E-state index in [1.54, 1.807) is 29.2 Å². The van der Waals surface area contributed by atoms with Crippen LogP contribution in [0.2, 0.25) is 0 Å². The monoisotopic (exact) mass is 364 g/mol. The molecule has 0 saturated heterocycles. The van der Waals surface area contributed by atoms with E-state index in [0.717, 1.165) is 43.5 Å². The van der Waals surface area contributed by atoms with Gasteiger partial charge in [-0.3, -0.25) is 14.5 Å². The Morgan fingerprint density at radius 1 is 1.15 bits per heavy atom. The second kappa shape index (κ2) is 7.84. The molecule has 0 bridgehead atoms. The molecule has 1 fully saturated rings. The van der Waals surface area contributed by atoms with Gasteiger partial charge in [0.25, 0.3) is 5.56 Å². The number of nitrogens with one attached hydrogen (secondary N) is 1.